The Morgan fingerprint density at radius 2 is 2.14 bits per heavy atom. The summed E-state index contributed by atoms with van der Waals surface area (Å²) in [5.74, 6) is 0.689. The number of phenolic OH excluding ortho intramolecular Hbond substituents is 1. The number of aromatic hydroxyl groups is 1. The molecule has 28 heavy (non-hydrogen) atoms. The van der Waals surface area contributed by atoms with Crippen molar-refractivity contribution in [1.29, 1.82) is 0 Å². The molecule has 8 heteroatoms. The molecule has 0 bridgehead atoms. The van der Waals surface area contributed by atoms with E-state index in [1.165, 1.54) is 12.3 Å². The average molecular weight is 401 g/mol. The van der Waals surface area contributed by atoms with Crippen molar-refractivity contribution >= 4 is 34.8 Å². The maximum Gasteiger partial charge on any atom is 0.271 e. The molecule has 146 valence electrons. The van der Waals surface area contributed by atoms with E-state index in [9.17, 15) is 9.90 Å². The number of aryl methyl sites for hydroxylation is 2. The van der Waals surface area contributed by atoms with Gasteiger partial charge in [0.25, 0.3) is 5.91 Å². The van der Waals surface area contributed by atoms with Crippen LogP contribution in [0.2, 0.25) is 5.02 Å². The van der Waals surface area contributed by atoms with Crippen LogP contribution in [0.5, 0.6) is 11.5 Å². The third-order valence-corrected chi connectivity index (χ3v) is 4.54. The van der Waals surface area contributed by atoms with Crippen LogP contribution in [0.25, 0.3) is 11.0 Å². The van der Waals surface area contributed by atoms with Crippen molar-refractivity contribution in [3.8, 4) is 11.5 Å². The van der Waals surface area contributed by atoms with E-state index in [2.05, 4.69) is 27.0 Å². The molecule has 0 radical (unpaired) electrons. The van der Waals surface area contributed by atoms with Crippen molar-refractivity contribution < 1.29 is 14.6 Å². The molecule has 2 aromatic carbocycles. The number of hydrazone groups is 1. The van der Waals surface area contributed by atoms with Gasteiger partial charge in [0.15, 0.2) is 11.5 Å². The topological polar surface area (TPSA) is 88.7 Å². The number of carbonyl (C=O) groups excluding carboxylic acids is 1. The third kappa shape index (κ3) is 3.94. The molecule has 0 atom stereocenters. The van der Waals surface area contributed by atoms with Gasteiger partial charge in [-0.1, -0.05) is 11.6 Å². The van der Waals surface area contributed by atoms with Crippen molar-refractivity contribution in [3.63, 3.8) is 0 Å². The normalized spacial score (nSPS) is 11.3. The van der Waals surface area contributed by atoms with Gasteiger partial charge in [0, 0.05) is 12.1 Å². The number of hydrogen-bond donors (Lipinski definition) is 2. The number of nitrogens with one attached hydrogen (secondary N) is 1. The summed E-state index contributed by atoms with van der Waals surface area (Å²) in [5.41, 5.74) is 5.28. The minimum absolute atomic E-state index is 0.125. The second-order valence-corrected chi connectivity index (χ2v) is 6.50. The van der Waals surface area contributed by atoms with E-state index < -0.39 is 0 Å². The number of carbonyl (C=O) groups is 1. The van der Waals surface area contributed by atoms with Gasteiger partial charge in [-0.3, -0.25) is 4.79 Å². The first-order chi connectivity index (χ1) is 13.4. The number of amides is 1. The first-order valence-electron chi connectivity index (χ1n) is 8.90. The lowest BCUT2D eigenvalue weighted by molar-refractivity contribution is 0.0955. The fraction of sp³-hybridized carbons (Fsp3) is 0.250. The Balaban J connectivity index is 1.76. The van der Waals surface area contributed by atoms with E-state index in [1.807, 2.05) is 13.0 Å². The summed E-state index contributed by atoms with van der Waals surface area (Å²) in [5, 5.41) is 14.0. The Bertz CT molecular complexity index is 1060. The van der Waals surface area contributed by atoms with E-state index in [-0.39, 0.29) is 22.4 Å². The van der Waals surface area contributed by atoms with Gasteiger partial charge in [0.2, 0.25) is 0 Å². The fourth-order valence-corrected chi connectivity index (χ4v) is 3.17. The number of rotatable bonds is 6. The van der Waals surface area contributed by atoms with Gasteiger partial charge in [-0.05, 0) is 56.7 Å². The summed E-state index contributed by atoms with van der Waals surface area (Å²) >= 11 is 5.99. The molecule has 2 N–H and O–H groups in total. The summed E-state index contributed by atoms with van der Waals surface area (Å²) in [6.45, 7) is 6.99. The van der Waals surface area contributed by atoms with Crippen LogP contribution in [0.1, 0.15) is 35.6 Å². The van der Waals surface area contributed by atoms with Gasteiger partial charge >= 0.3 is 0 Å². The molecule has 0 fully saturated rings. The molecule has 1 amide bonds. The Labute approximate surface area is 167 Å². The second-order valence-electron chi connectivity index (χ2n) is 6.09. The molecular weight excluding hydrogens is 380 g/mol. The molecule has 3 rings (SSSR count). The monoisotopic (exact) mass is 400 g/mol. The van der Waals surface area contributed by atoms with E-state index in [1.54, 1.807) is 25.1 Å². The summed E-state index contributed by atoms with van der Waals surface area (Å²) in [7, 11) is 0. The highest BCUT2D eigenvalue weighted by Crippen LogP contribution is 2.34. The zero-order chi connectivity index (χ0) is 20.3. The molecule has 7 nitrogen and oxygen atoms in total. The van der Waals surface area contributed by atoms with Crippen molar-refractivity contribution in [2.75, 3.05) is 6.61 Å². The number of aromatic nitrogens is 2. The van der Waals surface area contributed by atoms with Crippen LogP contribution in [0, 0.1) is 6.92 Å². The Hall–Kier alpha value is -3.06. The molecule has 0 unspecified atom stereocenters. The summed E-state index contributed by atoms with van der Waals surface area (Å²) in [6.07, 6.45) is 1.43. The molecule has 0 aliphatic rings. The number of benzene rings is 2. The smallest absolute Gasteiger partial charge is 0.271 e. The SMILES string of the molecule is CCOc1cc(/C=N/NC(=O)c2ccc3c(c2)nc(C)n3CC)cc(Cl)c1O. The Morgan fingerprint density at radius 3 is 2.86 bits per heavy atom. The van der Waals surface area contributed by atoms with Crippen LogP contribution in [-0.4, -0.2) is 33.4 Å². The molecular formula is C20H21ClN4O3. The van der Waals surface area contributed by atoms with Crippen molar-refractivity contribution in [3.05, 3.63) is 52.3 Å². The number of ether oxygens (including phenoxy) is 1. The number of imidazole rings is 1. The maximum absolute atomic E-state index is 12.4. The molecule has 3 aromatic rings. The van der Waals surface area contributed by atoms with Crippen LogP contribution in [0.3, 0.4) is 0 Å². The minimum Gasteiger partial charge on any atom is -0.503 e. The molecule has 1 aromatic heterocycles. The Kier molecular flexibility index (Phi) is 5.84. The zero-order valence-corrected chi connectivity index (χ0v) is 16.6. The molecule has 0 spiro atoms. The number of halogens is 1. The zero-order valence-electron chi connectivity index (χ0n) is 15.9. The van der Waals surface area contributed by atoms with Crippen LogP contribution in [-0.2, 0) is 6.54 Å². The molecule has 0 aliphatic carbocycles. The quantitative estimate of drug-likeness (QED) is 0.485. The van der Waals surface area contributed by atoms with E-state index in [0.29, 0.717) is 17.7 Å². The highest BCUT2D eigenvalue weighted by Gasteiger charge is 2.11. The van der Waals surface area contributed by atoms with Crippen molar-refractivity contribution in [2.45, 2.75) is 27.3 Å². The first kappa shape index (κ1) is 19.7. The van der Waals surface area contributed by atoms with Gasteiger partial charge in [-0.25, -0.2) is 10.4 Å². The van der Waals surface area contributed by atoms with Gasteiger partial charge in [-0.2, -0.15) is 5.10 Å². The predicted octanol–water partition coefficient (Wildman–Crippen LogP) is 3.89. The highest BCUT2D eigenvalue weighted by atomic mass is 35.5. The van der Waals surface area contributed by atoms with Crippen molar-refractivity contribution in [1.82, 2.24) is 15.0 Å². The summed E-state index contributed by atoms with van der Waals surface area (Å²) < 4.78 is 7.41. The highest BCUT2D eigenvalue weighted by molar-refractivity contribution is 6.32. The lowest BCUT2D eigenvalue weighted by Crippen LogP contribution is -2.17. The maximum atomic E-state index is 12.4. The van der Waals surface area contributed by atoms with Gasteiger partial charge < -0.3 is 14.4 Å². The molecule has 0 saturated heterocycles. The lowest BCUT2D eigenvalue weighted by atomic mass is 10.2. The van der Waals surface area contributed by atoms with Crippen LogP contribution in [0.15, 0.2) is 35.4 Å². The molecule has 0 aliphatic heterocycles. The van der Waals surface area contributed by atoms with Gasteiger partial charge in [0.05, 0.1) is 28.9 Å². The summed E-state index contributed by atoms with van der Waals surface area (Å²) in [4.78, 5) is 16.9. The van der Waals surface area contributed by atoms with E-state index in [0.717, 1.165) is 23.4 Å². The lowest BCUT2D eigenvalue weighted by Gasteiger charge is -2.08. The standard InChI is InChI=1S/C20H21ClN4O3/c1-4-25-12(3)23-16-10-14(6-7-17(16)25)20(27)24-22-11-13-8-15(21)19(26)18(9-13)28-5-2/h6-11,26H,4-5H2,1-3H3,(H,24,27)/b22-11+. The van der Waals surface area contributed by atoms with E-state index in [4.69, 9.17) is 16.3 Å². The van der Waals surface area contributed by atoms with Gasteiger partial charge in [0.1, 0.15) is 5.82 Å². The largest absolute Gasteiger partial charge is 0.503 e. The predicted molar refractivity (Wildman–Crippen MR) is 109 cm³/mol. The number of fused-ring (bicyclic) bond motifs is 1. The van der Waals surface area contributed by atoms with Crippen LogP contribution < -0.4 is 10.2 Å². The number of phenols is 1. The van der Waals surface area contributed by atoms with E-state index >= 15 is 0 Å². The van der Waals surface area contributed by atoms with Gasteiger partial charge in [-0.15, -0.1) is 0 Å². The number of hydrogen-bond acceptors (Lipinski definition) is 5. The first-order valence-corrected chi connectivity index (χ1v) is 9.28. The third-order valence-electron chi connectivity index (χ3n) is 4.25. The molecule has 1 heterocycles. The Morgan fingerprint density at radius 1 is 1.36 bits per heavy atom. The second kappa shape index (κ2) is 8.31. The summed E-state index contributed by atoms with van der Waals surface area (Å²) in [6, 6.07) is 8.48. The molecule has 0 saturated carbocycles. The minimum atomic E-state index is -0.350. The average Bonchev–Trinajstić information content (AvgIpc) is 2.99. The van der Waals surface area contributed by atoms with Crippen LogP contribution in [0.4, 0.5) is 0 Å². The van der Waals surface area contributed by atoms with Crippen molar-refractivity contribution in [2.24, 2.45) is 5.10 Å². The fourth-order valence-electron chi connectivity index (χ4n) is 2.95. The number of nitrogens with zero attached hydrogens (tertiary/aromatic N) is 3. The van der Waals surface area contributed by atoms with Crippen LogP contribution >= 0.6 is 11.6 Å².